The van der Waals surface area contributed by atoms with Gasteiger partial charge in [0.1, 0.15) is 0 Å². The zero-order chi connectivity index (χ0) is 12.6. The van der Waals surface area contributed by atoms with Crippen molar-refractivity contribution in [3.63, 3.8) is 0 Å². The molecule has 0 unspecified atom stereocenters. The van der Waals surface area contributed by atoms with E-state index in [1.165, 1.54) is 0 Å². The van der Waals surface area contributed by atoms with Crippen molar-refractivity contribution in [1.29, 1.82) is 0 Å². The monoisotopic (exact) mass is 249 g/mol. The maximum atomic E-state index is 10.6. The fourth-order valence-corrected chi connectivity index (χ4v) is 2.36. The SMILES string of the molecule is Cc1c(/C=C/C(=O)O)n(C)c2c(Cl)cccc12. The van der Waals surface area contributed by atoms with Gasteiger partial charge in [-0.3, -0.25) is 0 Å². The van der Waals surface area contributed by atoms with Gasteiger partial charge in [-0.15, -0.1) is 0 Å². The van der Waals surface area contributed by atoms with Gasteiger partial charge >= 0.3 is 5.97 Å². The van der Waals surface area contributed by atoms with Crippen LogP contribution >= 0.6 is 11.6 Å². The van der Waals surface area contributed by atoms with Crippen LogP contribution in [0.1, 0.15) is 11.3 Å². The summed E-state index contributed by atoms with van der Waals surface area (Å²) >= 11 is 6.15. The second kappa shape index (κ2) is 4.26. The number of nitrogens with zero attached hydrogens (tertiary/aromatic N) is 1. The second-order valence-corrected chi connectivity index (χ2v) is 4.28. The van der Waals surface area contributed by atoms with Gasteiger partial charge in [0.05, 0.1) is 10.5 Å². The Morgan fingerprint density at radius 2 is 2.18 bits per heavy atom. The van der Waals surface area contributed by atoms with Gasteiger partial charge in [-0.2, -0.15) is 0 Å². The predicted molar refractivity (Wildman–Crippen MR) is 69.3 cm³/mol. The maximum Gasteiger partial charge on any atom is 0.328 e. The van der Waals surface area contributed by atoms with E-state index in [1.807, 2.05) is 36.7 Å². The van der Waals surface area contributed by atoms with E-state index in [0.29, 0.717) is 5.02 Å². The molecule has 4 heteroatoms. The summed E-state index contributed by atoms with van der Waals surface area (Å²) in [5.74, 6) is -0.958. The standard InChI is InChI=1S/C13H12ClNO2/c1-8-9-4-3-5-10(14)13(9)15(2)11(8)6-7-12(16)17/h3-7H,1-2H3,(H,16,17)/b7-6+. The summed E-state index contributed by atoms with van der Waals surface area (Å²) in [7, 11) is 1.88. The fourth-order valence-electron chi connectivity index (χ4n) is 2.06. The molecular weight excluding hydrogens is 238 g/mol. The molecule has 1 aromatic carbocycles. The molecule has 0 aliphatic carbocycles. The summed E-state index contributed by atoms with van der Waals surface area (Å²) in [6.07, 6.45) is 2.73. The highest BCUT2D eigenvalue weighted by molar-refractivity contribution is 6.35. The molecule has 0 aliphatic heterocycles. The van der Waals surface area contributed by atoms with E-state index in [2.05, 4.69) is 0 Å². The van der Waals surface area contributed by atoms with Crippen molar-refractivity contribution in [2.75, 3.05) is 0 Å². The number of carbonyl (C=O) groups is 1. The lowest BCUT2D eigenvalue weighted by molar-refractivity contribution is -0.131. The molecule has 1 aromatic heterocycles. The van der Waals surface area contributed by atoms with Crippen molar-refractivity contribution in [1.82, 2.24) is 4.57 Å². The van der Waals surface area contributed by atoms with Crippen LogP contribution in [0.4, 0.5) is 0 Å². The van der Waals surface area contributed by atoms with Crippen LogP contribution in [0.3, 0.4) is 0 Å². The third kappa shape index (κ3) is 1.94. The van der Waals surface area contributed by atoms with Gasteiger partial charge in [-0.25, -0.2) is 4.79 Å². The largest absolute Gasteiger partial charge is 0.478 e. The molecule has 2 rings (SSSR count). The molecule has 1 N–H and O–H groups in total. The molecule has 0 radical (unpaired) electrons. The Kier molecular flexibility index (Phi) is 2.94. The number of carboxylic acid groups (broad SMARTS) is 1. The summed E-state index contributed by atoms with van der Waals surface area (Å²) in [5, 5.41) is 10.4. The summed E-state index contributed by atoms with van der Waals surface area (Å²) in [5.41, 5.74) is 2.81. The van der Waals surface area contributed by atoms with Crippen LogP contribution in [0.5, 0.6) is 0 Å². The Morgan fingerprint density at radius 3 is 2.76 bits per heavy atom. The van der Waals surface area contributed by atoms with E-state index in [-0.39, 0.29) is 0 Å². The van der Waals surface area contributed by atoms with Crippen LogP contribution < -0.4 is 0 Å². The summed E-state index contributed by atoms with van der Waals surface area (Å²) in [6, 6.07) is 5.70. The molecule has 3 nitrogen and oxygen atoms in total. The molecule has 0 amide bonds. The molecule has 0 spiro atoms. The maximum absolute atomic E-state index is 10.6. The zero-order valence-electron chi connectivity index (χ0n) is 9.57. The number of hydrogen-bond donors (Lipinski definition) is 1. The Bertz CT molecular complexity index is 626. The average molecular weight is 250 g/mol. The van der Waals surface area contributed by atoms with Crippen molar-refractivity contribution >= 4 is 34.5 Å². The third-order valence-electron chi connectivity index (χ3n) is 2.86. The number of hydrogen-bond acceptors (Lipinski definition) is 1. The quantitative estimate of drug-likeness (QED) is 0.831. The predicted octanol–water partition coefficient (Wildman–Crippen LogP) is 3.24. The molecule has 0 fully saturated rings. The molecule has 0 bridgehead atoms. The highest BCUT2D eigenvalue weighted by atomic mass is 35.5. The topological polar surface area (TPSA) is 42.2 Å². The van der Waals surface area contributed by atoms with Crippen LogP contribution in [0.2, 0.25) is 5.02 Å². The average Bonchev–Trinajstić information content (AvgIpc) is 2.50. The molecule has 0 saturated heterocycles. The van der Waals surface area contributed by atoms with Crippen molar-refractivity contribution in [3.05, 3.63) is 40.6 Å². The van der Waals surface area contributed by atoms with E-state index in [0.717, 1.165) is 28.2 Å². The van der Waals surface area contributed by atoms with Gasteiger partial charge in [-0.05, 0) is 24.6 Å². The number of rotatable bonds is 2. The Labute approximate surface area is 104 Å². The Balaban J connectivity index is 2.73. The fraction of sp³-hybridized carbons (Fsp3) is 0.154. The van der Waals surface area contributed by atoms with Crippen LogP contribution in [0.15, 0.2) is 24.3 Å². The van der Waals surface area contributed by atoms with Crippen LogP contribution in [0.25, 0.3) is 17.0 Å². The summed E-state index contributed by atoms with van der Waals surface area (Å²) in [6.45, 7) is 1.96. The van der Waals surface area contributed by atoms with Crippen LogP contribution in [0, 0.1) is 6.92 Å². The highest BCUT2D eigenvalue weighted by Crippen LogP contribution is 2.30. The van der Waals surface area contributed by atoms with Gasteiger partial charge < -0.3 is 9.67 Å². The van der Waals surface area contributed by atoms with Crippen LogP contribution in [-0.2, 0) is 11.8 Å². The smallest absolute Gasteiger partial charge is 0.328 e. The first-order valence-corrected chi connectivity index (χ1v) is 5.54. The van der Waals surface area contributed by atoms with E-state index in [1.54, 1.807) is 6.08 Å². The first-order valence-electron chi connectivity index (χ1n) is 5.17. The normalized spacial score (nSPS) is 11.5. The molecule has 17 heavy (non-hydrogen) atoms. The third-order valence-corrected chi connectivity index (χ3v) is 3.16. The lowest BCUT2D eigenvalue weighted by Gasteiger charge is -2.00. The molecule has 0 saturated carbocycles. The Hall–Kier alpha value is -1.74. The molecule has 1 heterocycles. The first kappa shape index (κ1) is 11.7. The van der Waals surface area contributed by atoms with Gasteiger partial charge in [0.2, 0.25) is 0 Å². The number of fused-ring (bicyclic) bond motifs is 1. The van der Waals surface area contributed by atoms with E-state index >= 15 is 0 Å². The van der Waals surface area contributed by atoms with Gasteiger partial charge in [-0.1, -0.05) is 23.7 Å². The summed E-state index contributed by atoms with van der Waals surface area (Å²) < 4.78 is 1.91. The van der Waals surface area contributed by atoms with E-state index in [4.69, 9.17) is 16.7 Å². The minimum Gasteiger partial charge on any atom is -0.478 e. The second-order valence-electron chi connectivity index (χ2n) is 3.88. The van der Waals surface area contributed by atoms with E-state index < -0.39 is 5.97 Å². The van der Waals surface area contributed by atoms with Crippen molar-refractivity contribution in [3.8, 4) is 0 Å². The molecule has 88 valence electrons. The number of aliphatic carboxylic acids is 1. The lowest BCUT2D eigenvalue weighted by atomic mass is 10.1. The summed E-state index contributed by atoms with van der Waals surface area (Å²) in [4.78, 5) is 10.6. The number of para-hydroxylation sites is 1. The van der Waals surface area contributed by atoms with Crippen molar-refractivity contribution in [2.24, 2.45) is 7.05 Å². The number of benzene rings is 1. The first-order chi connectivity index (χ1) is 8.02. The molecular formula is C13H12ClNO2. The Morgan fingerprint density at radius 1 is 1.47 bits per heavy atom. The lowest BCUT2D eigenvalue weighted by Crippen LogP contribution is -1.93. The van der Waals surface area contributed by atoms with Gasteiger partial charge in [0.15, 0.2) is 0 Å². The highest BCUT2D eigenvalue weighted by Gasteiger charge is 2.11. The van der Waals surface area contributed by atoms with Gasteiger partial charge in [0, 0.05) is 24.2 Å². The number of carboxylic acids is 1. The molecule has 2 aromatic rings. The van der Waals surface area contributed by atoms with Gasteiger partial charge in [0.25, 0.3) is 0 Å². The minimum atomic E-state index is -0.958. The zero-order valence-corrected chi connectivity index (χ0v) is 10.3. The molecule has 0 aliphatic rings. The minimum absolute atomic E-state index is 0.670. The van der Waals surface area contributed by atoms with Crippen LogP contribution in [-0.4, -0.2) is 15.6 Å². The molecule has 0 atom stereocenters. The number of aromatic nitrogens is 1. The number of halogens is 1. The van der Waals surface area contributed by atoms with Crippen molar-refractivity contribution in [2.45, 2.75) is 6.92 Å². The van der Waals surface area contributed by atoms with E-state index in [9.17, 15) is 4.79 Å². The number of aryl methyl sites for hydroxylation is 2. The van der Waals surface area contributed by atoms with Crippen molar-refractivity contribution < 1.29 is 9.90 Å².